The van der Waals surface area contributed by atoms with E-state index < -0.39 is 0 Å². The third kappa shape index (κ3) is 3.48. The van der Waals surface area contributed by atoms with E-state index in [-0.39, 0.29) is 5.82 Å². The molecule has 5 aromatic rings. The molecule has 0 saturated heterocycles. The van der Waals surface area contributed by atoms with Crippen molar-refractivity contribution in [3.8, 4) is 22.5 Å². The van der Waals surface area contributed by atoms with Crippen LogP contribution in [0.25, 0.3) is 33.5 Å². The Labute approximate surface area is 167 Å². The summed E-state index contributed by atoms with van der Waals surface area (Å²) in [5.41, 5.74) is 6.33. The average molecular weight is 379 g/mol. The minimum Gasteiger partial charge on any atom is -0.356 e. The smallest absolute Gasteiger partial charge is 0.138 e. The van der Waals surface area contributed by atoms with Crippen LogP contribution in [0.5, 0.6) is 0 Å². The number of para-hydroxylation sites is 2. The van der Waals surface area contributed by atoms with Crippen LogP contribution < -0.4 is 5.32 Å². The molecule has 29 heavy (non-hydrogen) atoms. The summed E-state index contributed by atoms with van der Waals surface area (Å²) in [6.07, 6.45) is 0. The van der Waals surface area contributed by atoms with Crippen LogP contribution in [0.15, 0.2) is 97.1 Å². The van der Waals surface area contributed by atoms with E-state index in [1.165, 1.54) is 6.07 Å². The Kier molecular flexibility index (Phi) is 4.30. The van der Waals surface area contributed by atoms with Gasteiger partial charge < -0.3 is 10.3 Å². The van der Waals surface area contributed by atoms with Crippen molar-refractivity contribution in [2.75, 3.05) is 5.32 Å². The zero-order chi connectivity index (χ0) is 19.6. The molecular formula is C25H18FN3. The summed E-state index contributed by atoms with van der Waals surface area (Å²) in [6, 6.07) is 30.6. The van der Waals surface area contributed by atoms with Gasteiger partial charge in [-0.1, -0.05) is 54.6 Å². The van der Waals surface area contributed by atoms with Crippen LogP contribution in [0.2, 0.25) is 0 Å². The van der Waals surface area contributed by atoms with Crippen molar-refractivity contribution in [1.29, 1.82) is 0 Å². The molecule has 140 valence electrons. The van der Waals surface area contributed by atoms with Crippen molar-refractivity contribution in [3.05, 3.63) is 103 Å². The number of aromatic nitrogens is 2. The number of anilines is 2. The Morgan fingerprint density at radius 1 is 0.690 bits per heavy atom. The number of imidazole rings is 1. The molecular weight excluding hydrogens is 361 g/mol. The quantitative estimate of drug-likeness (QED) is 0.361. The monoisotopic (exact) mass is 379 g/mol. The van der Waals surface area contributed by atoms with Gasteiger partial charge in [-0.05, 0) is 48.0 Å². The standard InChI is InChI=1S/C25H18FN3/c26-22-9-2-1-8-21(22)17-12-14-19(15-13-17)27-20-7-5-6-18(16-20)25-28-23-10-3-4-11-24(23)29-25/h1-16,27H,(H,28,29). The fraction of sp³-hybridized carbons (Fsp3) is 0. The Balaban J connectivity index is 1.39. The number of halogens is 1. The first-order valence-electron chi connectivity index (χ1n) is 9.43. The molecule has 0 aliphatic carbocycles. The molecule has 0 aliphatic heterocycles. The van der Waals surface area contributed by atoms with Gasteiger partial charge >= 0.3 is 0 Å². The molecule has 2 N–H and O–H groups in total. The Morgan fingerprint density at radius 2 is 1.48 bits per heavy atom. The van der Waals surface area contributed by atoms with Gasteiger partial charge in [0.05, 0.1) is 11.0 Å². The fourth-order valence-electron chi connectivity index (χ4n) is 3.43. The number of rotatable bonds is 4. The third-order valence-electron chi connectivity index (χ3n) is 4.88. The van der Waals surface area contributed by atoms with Crippen molar-refractivity contribution in [3.63, 3.8) is 0 Å². The van der Waals surface area contributed by atoms with Gasteiger partial charge in [0.15, 0.2) is 0 Å². The second kappa shape index (κ2) is 7.24. The maximum Gasteiger partial charge on any atom is 0.138 e. The lowest BCUT2D eigenvalue weighted by Gasteiger charge is -2.09. The summed E-state index contributed by atoms with van der Waals surface area (Å²) in [5.74, 6) is 0.622. The van der Waals surface area contributed by atoms with Crippen molar-refractivity contribution >= 4 is 22.4 Å². The average Bonchev–Trinajstić information content (AvgIpc) is 3.20. The first-order chi connectivity index (χ1) is 14.3. The van der Waals surface area contributed by atoms with Gasteiger partial charge in [0.2, 0.25) is 0 Å². The van der Waals surface area contributed by atoms with Crippen LogP contribution in [0, 0.1) is 5.82 Å². The lowest BCUT2D eigenvalue weighted by molar-refractivity contribution is 0.631. The van der Waals surface area contributed by atoms with Crippen LogP contribution in [-0.4, -0.2) is 9.97 Å². The Bertz CT molecular complexity index is 1260. The first-order valence-corrected chi connectivity index (χ1v) is 9.43. The molecule has 0 amide bonds. The lowest BCUT2D eigenvalue weighted by Crippen LogP contribution is -1.91. The molecule has 0 radical (unpaired) electrons. The minimum atomic E-state index is -0.216. The number of fused-ring (bicyclic) bond motifs is 1. The van der Waals surface area contributed by atoms with E-state index in [4.69, 9.17) is 0 Å². The molecule has 0 aliphatic rings. The summed E-state index contributed by atoms with van der Waals surface area (Å²) >= 11 is 0. The van der Waals surface area contributed by atoms with Crippen molar-refractivity contribution in [2.45, 2.75) is 0 Å². The SMILES string of the molecule is Fc1ccccc1-c1ccc(Nc2cccc(-c3nc4ccccc4[nH]3)c2)cc1. The maximum atomic E-state index is 14.0. The van der Waals surface area contributed by atoms with Crippen LogP contribution in [0.4, 0.5) is 15.8 Å². The van der Waals surface area contributed by atoms with E-state index in [9.17, 15) is 4.39 Å². The normalized spacial score (nSPS) is 10.9. The zero-order valence-electron chi connectivity index (χ0n) is 15.6. The molecule has 4 aromatic carbocycles. The van der Waals surface area contributed by atoms with Crippen LogP contribution >= 0.6 is 0 Å². The van der Waals surface area contributed by atoms with Gasteiger partial charge in [0, 0.05) is 22.5 Å². The van der Waals surface area contributed by atoms with Crippen molar-refractivity contribution in [1.82, 2.24) is 9.97 Å². The Morgan fingerprint density at radius 3 is 2.31 bits per heavy atom. The lowest BCUT2D eigenvalue weighted by atomic mass is 10.0. The third-order valence-corrected chi connectivity index (χ3v) is 4.88. The van der Waals surface area contributed by atoms with Gasteiger partial charge in [-0.3, -0.25) is 0 Å². The van der Waals surface area contributed by atoms with E-state index in [1.54, 1.807) is 12.1 Å². The molecule has 3 nitrogen and oxygen atoms in total. The minimum absolute atomic E-state index is 0.216. The predicted molar refractivity (Wildman–Crippen MR) is 117 cm³/mol. The van der Waals surface area contributed by atoms with Gasteiger partial charge in [0.25, 0.3) is 0 Å². The zero-order valence-corrected chi connectivity index (χ0v) is 15.6. The molecule has 0 fully saturated rings. The highest BCUT2D eigenvalue weighted by Crippen LogP contribution is 2.27. The van der Waals surface area contributed by atoms with E-state index in [1.807, 2.05) is 72.8 Å². The molecule has 0 atom stereocenters. The summed E-state index contributed by atoms with van der Waals surface area (Å²) in [4.78, 5) is 8.03. The predicted octanol–water partition coefficient (Wildman–Crippen LogP) is 6.78. The summed E-state index contributed by atoms with van der Waals surface area (Å²) < 4.78 is 14.0. The number of nitrogens with one attached hydrogen (secondary N) is 2. The van der Waals surface area contributed by atoms with Crippen LogP contribution in [0.3, 0.4) is 0 Å². The van der Waals surface area contributed by atoms with E-state index in [2.05, 4.69) is 21.4 Å². The van der Waals surface area contributed by atoms with Crippen LogP contribution in [-0.2, 0) is 0 Å². The topological polar surface area (TPSA) is 40.7 Å². The van der Waals surface area contributed by atoms with Crippen LogP contribution in [0.1, 0.15) is 0 Å². The Hall–Kier alpha value is -3.92. The van der Waals surface area contributed by atoms with E-state index in [0.717, 1.165) is 39.4 Å². The first kappa shape index (κ1) is 17.2. The molecule has 0 spiro atoms. The van der Waals surface area contributed by atoms with Crippen molar-refractivity contribution < 1.29 is 4.39 Å². The molecule has 1 aromatic heterocycles. The van der Waals surface area contributed by atoms with E-state index >= 15 is 0 Å². The second-order valence-electron chi connectivity index (χ2n) is 6.87. The van der Waals surface area contributed by atoms with Crippen molar-refractivity contribution in [2.24, 2.45) is 0 Å². The molecule has 5 rings (SSSR count). The van der Waals surface area contributed by atoms with Gasteiger partial charge in [-0.25, -0.2) is 9.37 Å². The number of nitrogens with zero attached hydrogens (tertiary/aromatic N) is 1. The second-order valence-corrected chi connectivity index (χ2v) is 6.87. The highest BCUT2D eigenvalue weighted by molar-refractivity contribution is 5.80. The number of H-pyrrole nitrogens is 1. The van der Waals surface area contributed by atoms with Gasteiger partial charge in [-0.2, -0.15) is 0 Å². The highest BCUT2D eigenvalue weighted by atomic mass is 19.1. The molecule has 0 saturated carbocycles. The molecule has 4 heteroatoms. The number of benzene rings is 4. The maximum absolute atomic E-state index is 14.0. The summed E-state index contributed by atoms with van der Waals surface area (Å²) in [6.45, 7) is 0. The number of aromatic amines is 1. The molecule has 0 bridgehead atoms. The fourth-order valence-corrected chi connectivity index (χ4v) is 3.43. The van der Waals surface area contributed by atoms with Gasteiger partial charge in [-0.15, -0.1) is 0 Å². The molecule has 1 heterocycles. The number of hydrogen-bond acceptors (Lipinski definition) is 2. The molecule has 0 unspecified atom stereocenters. The summed E-state index contributed by atoms with van der Waals surface area (Å²) in [7, 11) is 0. The van der Waals surface area contributed by atoms with E-state index in [0.29, 0.717) is 5.56 Å². The largest absolute Gasteiger partial charge is 0.356 e. The summed E-state index contributed by atoms with van der Waals surface area (Å²) in [5, 5.41) is 3.41. The highest BCUT2D eigenvalue weighted by Gasteiger charge is 2.07. The number of hydrogen-bond donors (Lipinski definition) is 2. The van der Waals surface area contributed by atoms with Gasteiger partial charge in [0.1, 0.15) is 11.6 Å².